The van der Waals surface area contributed by atoms with E-state index in [2.05, 4.69) is 5.09 Å². The smallest absolute Gasteiger partial charge is 0.459 e. The summed E-state index contributed by atoms with van der Waals surface area (Å²) >= 11 is 0. The van der Waals surface area contributed by atoms with E-state index < -0.39 is 68.0 Å². The number of para-hydroxylation sites is 1. The standard InChI is InChI=1S/C25H35FN3O10P/c1-4-16(5-2)14-36-24(33)15(3)28-40(35,38-17-9-7-6-8-10-17)39-20(13-30)22-19(31)11-21(37-22)29-12-18(26)23(32)27-25(29)34/h6-10,12,15-16,19-22,30-31H,4-5,11,13-14H2,1-3H3,(H,28,35)(H,27,32,34)/t15-,19?,20+,21+,22-,40+/m0/s1. The van der Waals surface area contributed by atoms with E-state index in [9.17, 15) is 33.6 Å². The average molecular weight is 588 g/mol. The Balaban J connectivity index is 1.80. The number of hydrogen-bond acceptors (Lipinski definition) is 10. The molecule has 0 radical (unpaired) electrons. The Morgan fingerprint density at radius 3 is 2.58 bits per heavy atom. The third-order valence-corrected chi connectivity index (χ3v) is 8.18. The number of nitrogens with zero attached hydrogens (tertiary/aromatic N) is 1. The first-order valence-corrected chi connectivity index (χ1v) is 14.5. The second-order valence-corrected chi connectivity index (χ2v) is 11.0. The molecule has 6 atom stereocenters. The number of aromatic amines is 1. The molecule has 1 aliphatic rings. The van der Waals surface area contributed by atoms with Crippen molar-refractivity contribution in [2.24, 2.45) is 5.92 Å². The molecule has 40 heavy (non-hydrogen) atoms. The monoisotopic (exact) mass is 587 g/mol. The van der Waals surface area contributed by atoms with Gasteiger partial charge in [-0.15, -0.1) is 0 Å². The highest BCUT2D eigenvalue weighted by molar-refractivity contribution is 7.52. The zero-order valence-electron chi connectivity index (χ0n) is 22.4. The van der Waals surface area contributed by atoms with Crippen LogP contribution in [-0.2, 0) is 23.4 Å². The second kappa shape index (κ2) is 14.2. The van der Waals surface area contributed by atoms with Gasteiger partial charge in [-0.05, 0) is 25.0 Å². The van der Waals surface area contributed by atoms with Crippen LogP contribution in [0.15, 0.2) is 46.1 Å². The first-order valence-electron chi connectivity index (χ1n) is 12.9. The summed E-state index contributed by atoms with van der Waals surface area (Å²) in [6, 6.07) is 6.77. The molecule has 4 N–H and O–H groups in total. The van der Waals surface area contributed by atoms with Crippen LogP contribution in [0.5, 0.6) is 5.75 Å². The number of H-pyrrole nitrogens is 1. The molecule has 1 aromatic carbocycles. The maximum atomic E-state index is 13.9. The Kier molecular flexibility index (Phi) is 11.2. The van der Waals surface area contributed by atoms with Gasteiger partial charge < -0.3 is 24.2 Å². The molecular weight excluding hydrogens is 552 g/mol. The van der Waals surface area contributed by atoms with Crippen molar-refractivity contribution in [3.63, 3.8) is 0 Å². The number of aromatic nitrogens is 2. The Morgan fingerprint density at radius 1 is 1.27 bits per heavy atom. The highest BCUT2D eigenvalue weighted by Gasteiger charge is 2.45. The summed E-state index contributed by atoms with van der Waals surface area (Å²) in [6.45, 7) is 4.71. The van der Waals surface area contributed by atoms with Gasteiger partial charge in [-0.25, -0.2) is 9.36 Å². The maximum absolute atomic E-state index is 13.9. The molecule has 222 valence electrons. The lowest BCUT2D eigenvalue weighted by Gasteiger charge is -2.29. The SMILES string of the molecule is CCC(CC)COC(=O)[C@H](C)N[P@@](=O)(Oc1ccccc1)O[C@H](CO)[C@H]1O[C@@H](n2cc(F)c(=O)[nH]c2=O)CC1O. The van der Waals surface area contributed by atoms with Gasteiger partial charge in [0, 0.05) is 6.42 Å². The van der Waals surface area contributed by atoms with Crippen molar-refractivity contribution in [2.45, 2.75) is 70.6 Å². The van der Waals surface area contributed by atoms with Crippen LogP contribution in [0.2, 0.25) is 0 Å². The summed E-state index contributed by atoms with van der Waals surface area (Å²) in [5, 5.41) is 23.2. The molecule has 0 spiro atoms. The largest absolute Gasteiger partial charge is 0.464 e. The van der Waals surface area contributed by atoms with Gasteiger partial charge in [0.25, 0.3) is 5.56 Å². The van der Waals surface area contributed by atoms with Crippen LogP contribution in [0.3, 0.4) is 0 Å². The van der Waals surface area contributed by atoms with Crippen molar-refractivity contribution in [1.82, 2.24) is 14.6 Å². The molecular formula is C25H35FN3O10P. The van der Waals surface area contributed by atoms with Crippen LogP contribution in [0.1, 0.15) is 46.3 Å². The first-order chi connectivity index (χ1) is 19.0. The number of halogens is 1. The van der Waals surface area contributed by atoms with E-state index in [4.69, 9.17) is 18.5 Å². The summed E-state index contributed by atoms with van der Waals surface area (Å²) < 4.78 is 50.7. The molecule has 1 fully saturated rings. The van der Waals surface area contributed by atoms with E-state index in [0.29, 0.717) is 6.20 Å². The van der Waals surface area contributed by atoms with Gasteiger partial charge in [0.1, 0.15) is 30.2 Å². The number of esters is 1. The number of carbonyl (C=O) groups excluding carboxylic acids is 1. The molecule has 15 heteroatoms. The van der Waals surface area contributed by atoms with Gasteiger partial charge in [0.15, 0.2) is 0 Å². The molecule has 1 saturated heterocycles. The molecule has 1 aromatic heterocycles. The van der Waals surface area contributed by atoms with E-state index in [1.807, 2.05) is 13.8 Å². The van der Waals surface area contributed by atoms with Crippen LogP contribution in [0, 0.1) is 11.7 Å². The van der Waals surface area contributed by atoms with Crippen LogP contribution in [0.25, 0.3) is 0 Å². The Hall–Kier alpha value is -2.87. The molecule has 1 unspecified atom stereocenters. The van der Waals surface area contributed by atoms with E-state index in [0.717, 1.165) is 17.4 Å². The third-order valence-electron chi connectivity index (χ3n) is 6.48. The van der Waals surface area contributed by atoms with Crippen molar-refractivity contribution in [3.05, 3.63) is 63.2 Å². The fraction of sp³-hybridized carbons (Fsp3) is 0.560. The van der Waals surface area contributed by atoms with Crippen LogP contribution >= 0.6 is 7.75 Å². The van der Waals surface area contributed by atoms with Crippen molar-refractivity contribution in [3.8, 4) is 5.75 Å². The average Bonchev–Trinajstić information content (AvgIpc) is 3.31. The minimum absolute atomic E-state index is 0.119. The van der Waals surface area contributed by atoms with Crippen molar-refractivity contribution in [1.29, 1.82) is 0 Å². The molecule has 3 rings (SSSR count). The van der Waals surface area contributed by atoms with E-state index in [1.54, 1.807) is 23.2 Å². The topological polar surface area (TPSA) is 178 Å². The number of carbonyl (C=O) groups is 1. The summed E-state index contributed by atoms with van der Waals surface area (Å²) in [6.07, 6.45) is -3.44. The number of hydrogen-bond donors (Lipinski definition) is 4. The van der Waals surface area contributed by atoms with E-state index in [1.165, 1.54) is 19.1 Å². The molecule has 13 nitrogen and oxygen atoms in total. The number of nitrogens with one attached hydrogen (secondary N) is 2. The highest BCUT2D eigenvalue weighted by atomic mass is 31.2. The zero-order chi connectivity index (χ0) is 29.4. The molecule has 1 aliphatic heterocycles. The first kappa shape index (κ1) is 31.7. The summed E-state index contributed by atoms with van der Waals surface area (Å²) in [5.41, 5.74) is -2.20. The molecule has 2 aromatic rings. The number of ether oxygens (including phenoxy) is 2. The van der Waals surface area contributed by atoms with Crippen molar-refractivity contribution in [2.75, 3.05) is 13.2 Å². The van der Waals surface area contributed by atoms with Gasteiger partial charge in [-0.1, -0.05) is 44.9 Å². The molecule has 0 saturated carbocycles. The minimum Gasteiger partial charge on any atom is -0.464 e. The lowest BCUT2D eigenvalue weighted by molar-refractivity contribution is -0.146. The Labute approximate surface area is 229 Å². The number of aliphatic hydroxyl groups is 2. The fourth-order valence-electron chi connectivity index (χ4n) is 4.07. The van der Waals surface area contributed by atoms with E-state index in [-0.39, 0.29) is 24.7 Å². The number of rotatable bonds is 14. The zero-order valence-corrected chi connectivity index (χ0v) is 23.3. The van der Waals surface area contributed by atoms with Crippen molar-refractivity contribution >= 4 is 13.7 Å². The molecule has 0 amide bonds. The minimum atomic E-state index is -4.46. The molecule has 0 bridgehead atoms. The Bertz CT molecular complexity index is 1290. The lowest BCUT2D eigenvalue weighted by atomic mass is 10.1. The maximum Gasteiger partial charge on any atom is 0.459 e. The third kappa shape index (κ3) is 8.09. The van der Waals surface area contributed by atoms with Crippen LogP contribution in [-0.4, -0.2) is 63.3 Å². The van der Waals surface area contributed by atoms with Crippen LogP contribution < -0.4 is 20.9 Å². The fourth-order valence-corrected chi connectivity index (χ4v) is 5.75. The van der Waals surface area contributed by atoms with E-state index >= 15 is 0 Å². The van der Waals surface area contributed by atoms with Gasteiger partial charge >= 0.3 is 19.4 Å². The molecule has 0 aliphatic carbocycles. The van der Waals surface area contributed by atoms with Crippen LogP contribution in [0.4, 0.5) is 4.39 Å². The normalized spacial score (nSPS) is 22.0. The summed E-state index contributed by atoms with van der Waals surface area (Å²) in [5.74, 6) is -1.67. The Morgan fingerprint density at radius 2 is 1.95 bits per heavy atom. The lowest BCUT2D eigenvalue weighted by Crippen LogP contribution is -2.42. The second-order valence-electron chi connectivity index (χ2n) is 9.39. The predicted octanol–water partition coefficient (Wildman–Crippen LogP) is 1.85. The van der Waals surface area contributed by atoms with Gasteiger partial charge in [0.05, 0.1) is 25.5 Å². The number of aliphatic hydroxyl groups excluding tert-OH is 2. The predicted molar refractivity (Wildman–Crippen MR) is 140 cm³/mol. The highest BCUT2D eigenvalue weighted by Crippen LogP contribution is 2.47. The summed E-state index contributed by atoms with van der Waals surface area (Å²) in [7, 11) is -4.46. The van der Waals surface area contributed by atoms with Gasteiger partial charge in [0.2, 0.25) is 5.82 Å². The number of benzene rings is 1. The quantitative estimate of drug-likeness (QED) is 0.187. The summed E-state index contributed by atoms with van der Waals surface area (Å²) in [4.78, 5) is 38.0. The van der Waals surface area contributed by atoms with Gasteiger partial charge in [-0.2, -0.15) is 9.48 Å². The molecule has 2 heterocycles. The van der Waals surface area contributed by atoms with Gasteiger partial charge in [-0.3, -0.25) is 23.7 Å². The van der Waals surface area contributed by atoms with Crippen molar-refractivity contribution < 1.29 is 42.5 Å².